The van der Waals surface area contributed by atoms with Gasteiger partial charge in [0.25, 0.3) is 5.56 Å². The van der Waals surface area contributed by atoms with E-state index in [-0.39, 0.29) is 5.56 Å². The second kappa shape index (κ2) is 5.80. The monoisotopic (exact) mass is 296 g/mol. The zero-order valence-corrected chi connectivity index (χ0v) is 12.4. The number of nitrogens with one attached hydrogen (secondary N) is 1. The predicted octanol–water partition coefficient (Wildman–Crippen LogP) is 1.39. The number of aromatic amines is 1. The van der Waals surface area contributed by atoms with Crippen LogP contribution in [0.2, 0.25) is 0 Å². The Morgan fingerprint density at radius 1 is 1.32 bits per heavy atom. The van der Waals surface area contributed by atoms with Gasteiger partial charge in [-0.2, -0.15) is 5.10 Å². The van der Waals surface area contributed by atoms with Crippen molar-refractivity contribution in [3.63, 3.8) is 0 Å². The van der Waals surface area contributed by atoms with Gasteiger partial charge in [0.1, 0.15) is 11.0 Å². The number of hydrogen-bond acceptors (Lipinski definition) is 4. The van der Waals surface area contributed by atoms with E-state index in [0.29, 0.717) is 23.5 Å². The van der Waals surface area contributed by atoms with Crippen LogP contribution in [0.15, 0.2) is 46.3 Å². The minimum atomic E-state index is -0.183. The van der Waals surface area contributed by atoms with Gasteiger partial charge in [0, 0.05) is 14.1 Å². The van der Waals surface area contributed by atoms with Gasteiger partial charge in [0.2, 0.25) is 5.95 Å². The molecule has 0 saturated heterocycles. The minimum absolute atomic E-state index is 0.183. The molecule has 0 amide bonds. The molecular weight excluding hydrogens is 280 g/mol. The summed E-state index contributed by atoms with van der Waals surface area (Å²) in [4.78, 5) is 23.1. The molecule has 3 rings (SSSR count). The maximum absolute atomic E-state index is 12.6. The molecule has 7 heteroatoms. The SMILES string of the molecule is CN(C)/C=N/c1nc2cn[nH]c2c(=O)n1Cc1ccccc1. The Hall–Kier alpha value is -2.96. The molecular formula is C15H16N6O. The maximum atomic E-state index is 12.6. The Labute approximate surface area is 126 Å². The summed E-state index contributed by atoms with van der Waals surface area (Å²) in [6, 6.07) is 9.73. The number of benzene rings is 1. The van der Waals surface area contributed by atoms with E-state index in [4.69, 9.17) is 0 Å². The van der Waals surface area contributed by atoms with E-state index in [1.807, 2.05) is 44.4 Å². The van der Waals surface area contributed by atoms with E-state index in [1.54, 1.807) is 11.2 Å². The average molecular weight is 296 g/mol. The maximum Gasteiger partial charge on any atom is 0.281 e. The van der Waals surface area contributed by atoms with E-state index >= 15 is 0 Å². The van der Waals surface area contributed by atoms with Gasteiger partial charge in [0.15, 0.2) is 0 Å². The van der Waals surface area contributed by atoms with Crippen LogP contribution < -0.4 is 5.56 Å². The molecule has 2 heterocycles. The lowest BCUT2D eigenvalue weighted by Gasteiger charge is -2.10. The van der Waals surface area contributed by atoms with Gasteiger partial charge in [-0.3, -0.25) is 14.5 Å². The second-order valence-electron chi connectivity index (χ2n) is 5.13. The van der Waals surface area contributed by atoms with Gasteiger partial charge in [-0.05, 0) is 5.56 Å². The largest absolute Gasteiger partial charge is 0.369 e. The summed E-state index contributed by atoms with van der Waals surface area (Å²) >= 11 is 0. The summed E-state index contributed by atoms with van der Waals surface area (Å²) in [6.07, 6.45) is 3.15. The summed E-state index contributed by atoms with van der Waals surface area (Å²) in [5, 5.41) is 6.58. The Kier molecular flexibility index (Phi) is 3.69. The van der Waals surface area contributed by atoms with E-state index in [0.717, 1.165) is 5.56 Å². The van der Waals surface area contributed by atoms with Gasteiger partial charge in [-0.25, -0.2) is 9.98 Å². The topological polar surface area (TPSA) is 79.2 Å². The first-order valence-corrected chi connectivity index (χ1v) is 6.83. The van der Waals surface area contributed by atoms with Gasteiger partial charge < -0.3 is 4.90 Å². The third-order valence-electron chi connectivity index (χ3n) is 3.13. The van der Waals surface area contributed by atoms with E-state index < -0.39 is 0 Å². The lowest BCUT2D eigenvalue weighted by Crippen LogP contribution is -2.22. The molecule has 22 heavy (non-hydrogen) atoms. The molecule has 112 valence electrons. The number of aromatic nitrogens is 4. The van der Waals surface area contributed by atoms with Crippen molar-refractivity contribution < 1.29 is 0 Å². The van der Waals surface area contributed by atoms with Crippen molar-refractivity contribution in [2.45, 2.75) is 6.54 Å². The molecule has 7 nitrogen and oxygen atoms in total. The van der Waals surface area contributed by atoms with Crippen LogP contribution in [0.25, 0.3) is 11.0 Å². The zero-order chi connectivity index (χ0) is 15.5. The molecule has 0 fully saturated rings. The number of fused-ring (bicyclic) bond motifs is 1. The highest BCUT2D eigenvalue weighted by Crippen LogP contribution is 2.13. The zero-order valence-electron chi connectivity index (χ0n) is 12.4. The van der Waals surface area contributed by atoms with Gasteiger partial charge in [-0.15, -0.1) is 0 Å². The van der Waals surface area contributed by atoms with Crippen LogP contribution in [0.4, 0.5) is 5.95 Å². The van der Waals surface area contributed by atoms with Crippen molar-refractivity contribution in [2.24, 2.45) is 4.99 Å². The summed E-state index contributed by atoms with van der Waals surface area (Å²) in [5.41, 5.74) is 1.73. The van der Waals surface area contributed by atoms with Crippen molar-refractivity contribution in [3.05, 3.63) is 52.4 Å². The molecule has 0 radical (unpaired) electrons. The molecule has 2 aromatic heterocycles. The molecule has 0 aliphatic rings. The summed E-state index contributed by atoms with van der Waals surface area (Å²) < 4.78 is 1.54. The fourth-order valence-corrected chi connectivity index (χ4v) is 2.09. The highest BCUT2D eigenvalue weighted by molar-refractivity contribution is 5.73. The molecule has 1 N–H and O–H groups in total. The van der Waals surface area contributed by atoms with Crippen LogP contribution in [0, 0.1) is 0 Å². The normalized spacial score (nSPS) is 11.4. The van der Waals surface area contributed by atoms with Crippen LogP contribution in [0.1, 0.15) is 5.56 Å². The Balaban J connectivity index is 2.14. The molecule has 0 aliphatic carbocycles. The van der Waals surface area contributed by atoms with Crippen LogP contribution in [0.3, 0.4) is 0 Å². The quantitative estimate of drug-likeness (QED) is 0.583. The smallest absolute Gasteiger partial charge is 0.281 e. The van der Waals surface area contributed by atoms with Crippen LogP contribution >= 0.6 is 0 Å². The van der Waals surface area contributed by atoms with E-state index in [1.165, 1.54) is 10.8 Å². The predicted molar refractivity (Wildman–Crippen MR) is 85.5 cm³/mol. The molecule has 0 bridgehead atoms. The van der Waals surface area contributed by atoms with Crippen molar-refractivity contribution in [1.29, 1.82) is 0 Å². The van der Waals surface area contributed by atoms with Gasteiger partial charge in [0.05, 0.1) is 19.1 Å². The number of aliphatic imine (C=N–C) groups is 1. The van der Waals surface area contributed by atoms with Crippen LogP contribution in [-0.2, 0) is 6.54 Å². The molecule has 0 saturated carbocycles. The van der Waals surface area contributed by atoms with Crippen molar-refractivity contribution in [2.75, 3.05) is 14.1 Å². The summed E-state index contributed by atoms with van der Waals surface area (Å²) in [5.74, 6) is 0.358. The van der Waals surface area contributed by atoms with Crippen LogP contribution in [-0.4, -0.2) is 45.1 Å². The van der Waals surface area contributed by atoms with Crippen LogP contribution in [0.5, 0.6) is 0 Å². The molecule has 0 aliphatic heterocycles. The molecule has 1 aromatic carbocycles. The number of hydrogen-bond donors (Lipinski definition) is 1. The second-order valence-corrected chi connectivity index (χ2v) is 5.13. The lowest BCUT2D eigenvalue weighted by atomic mass is 10.2. The average Bonchev–Trinajstić information content (AvgIpc) is 2.98. The third kappa shape index (κ3) is 2.73. The summed E-state index contributed by atoms with van der Waals surface area (Å²) in [6.45, 7) is 0.404. The Morgan fingerprint density at radius 3 is 2.82 bits per heavy atom. The van der Waals surface area contributed by atoms with Gasteiger partial charge >= 0.3 is 0 Å². The molecule has 0 unspecified atom stereocenters. The highest BCUT2D eigenvalue weighted by atomic mass is 16.1. The highest BCUT2D eigenvalue weighted by Gasteiger charge is 2.12. The molecule has 0 spiro atoms. The first-order chi connectivity index (χ1) is 10.6. The van der Waals surface area contributed by atoms with Crippen molar-refractivity contribution >= 4 is 23.3 Å². The Morgan fingerprint density at radius 2 is 2.09 bits per heavy atom. The molecule has 3 aromatic rings. The Bertz CT molecular complexity index is 863. The fraction of sp³-hybridized carbons (Fsp3) is 0.200. The van der Waals surface area contributed by atoms with E-state index in [2.05, 4.69) is 20.2 Å². The standard InChI is InChI=1S/C15H16N6O/c1-20(2)10-16-15-18-12-8-17-19-13(12)14(22)21(15)9-11-6-4-3-5-7-11/h3-8,10H,9H2,1-2H3,(H,17,19)/b16-10+. The third-order valence-corrected chi connectivity index (χ3v) is 3.13. The first kappa shape index (κ1) is 14.0. The van der Waals surface area contributed by atoms with Crippen molar-refractivity contribution in [3.8, 4) is 0 Å². The lowest BCUT2D eigenvalue weighted by molar-refractivity contribution is 0.640. The first-order valence-electron chi connectivity index (χ1n) is 6.83. The fourth-order valence-electron chi connectivity index (χ4n) is 2.09. The summed E-state index contributed by atoms with van der Waals surface area (Å²) in [7, 11) is 3.72. The number of rotatable bonds is 4. The number of nitrogens with zero attached hydrogens (tertiary/aromatic N) is 5. The van der Waals surface area contributed by atoms with Crippen molar-refractivity contribution in [1.82, 2.24) is 24.6 Å². The number of H-pyrrole nitrogens is 1. The van der Waals surface area contributed by atoms with Gasteiger partial charge in [-0.1, -0.05) is 30.3 Å². The van der Waals surface area contributed by atoms with E-state index in [9.17, 15) is 4.79 Å². The molecule has 0 atom stereocenters. The minimum Gasteiger partial charge on any atom is -0.369 e.